The van der Waals surface area contributed by atoms with Crippen LogP contribution in [0.2, 0.25) is 0 Å². The molecule has 2 amide bonds. The van der Waals surface area contributed by atoms with Crippen LogP contribution in [0.15, 0.2) is 0 Å². The Morgan fingerprint density at radius 1 is 0.600 bits per heavy atom. The van der Waals surface area contributed by atoms with Crippen LogP contribution < -0.4 is 10.6 Å². The highest BCUT2D eigenvalue weighted by molar-refractivity contribution is 7.98. The zero-order valence-electron chi connectivity index (χ0n) is 21.6. The Balaban J connectivity index is 3.18. The van der Waals surface area contributed by atoms with E-state index in [-0.39, 0.29) is 24.2 Å². The third-order valence-electron chi connectivity index (χ3n) is 4.60. The zero-order valence-corrected chi connectivity index (χ0v) is 22.4. The van der Waals surface area contributed by atoms with Gasteiger partial charge in [0.15, 0.2) is 0 Å². The molecule has 0 unspecified atom stereocenters. The average molecular weight is 523 g/mol. The lowest BCUT2D eigenvalue weighted by atomic mass is 10.1. The van der Waals surface area contributed by atoms with E-state index in [1.165, 1.54) is 0 Å². The summed E-state index contributed by atoms with van der Waals surface area (Å²) >= 11 is 1.68. The van der Waals surface area contributed by atoms with Gasteiger partial charge in [-0.2, -0.15) is 11.8 Å². The van der Waals surface area contributed by atoms with Gasteiger partial charge in [0, 0.05) is 31.7 Å². The van der Waals surface area contributed by atoms with Crippen molar-refractivity contribution in [2.24, 2.45) is 0 Å². The summed E-state index contributed by atoms with van der Waals surface area (Å²) in [4.78, 5) is 34.0. The maximum absolute atomic E-state index is 11.7. The first-order chi connectivity index (χ1) is 17.1. The highest BCUT2D eigenvalue weighted by atomic mass is 32.2. The smallest absolute Gasteiger partial charge is 0.246 e. The predicted octanol–water partition coefficient (Wildman–Crippen LogP) is 1.59. The molecule has 11 heteroatoms. The molecule has 0 aromatic heterocycles. The van der Waals surface area contributed by atoms with Crippen molar-refractivity contribution >= 4 is 29.4 Å². The number of unbranched alkanes of at least 4 members (excludes halogenated alkanes) is 3. The molecule has 0 radical (unpaired) electrons. The summed E-state index contributed by atoms with van der Waals surface area (Å²) in [6, 6.07) is 0. The van der Waals surface area contributed by atoms with Crippen molar-refractivity contribution in [2.75, 3.05) is 91.2 Å². The molecule has 2 N–H and O–H groups in total. The number of nitrogens with one attached hydrogen (secondary N) is 2. The molecule has 206 valence electrons. The lowest BCUT2D eigenvalue weighted by Gasteiger charge is -2.08. The summed E-state index contributed by atoms with van der Waals surface area (Å²) in [5.74, 6) is 1.04. The summed E-state index contributed by atoms with van der Waals surface area (Å²) < 4.78 is 26.9. The molecule has 0 atom stereocenters. The van der Waals surface area contributed by atoms with Crippen molar-refractivity contribution in [1.29, 1.82) is 0 Å². The number of ether oxygens (including phenoxy) is 5. The van der Waals surface area contributed by atoms with E-state index in [4.69, 9.17) is 23.7 Å². The number of amides is 2. The first-order valence-electron chi connectivity index (χ1n) is 12.5. The van der Waals surface area contributed by atoms with Gasteiger partial charge in [0.05, 0.1) is 59.5 Å². The zero-order chi connectivity index (χ0) is 25.8. The van der Waals surface area contributed by atoms with Crippen molar-refractivity contribution in [1.82, 2.24) is 10.6 Å². The molecule has 0 rings (SSSR count). The summed E-state index contributed by atoms with van der Waals surface area (Å²) in [6.45, 7) is 6.83. The minimum absolute atomic E-state index is 0.0367. The number of rotatable bonds is 27. The van der Waals surface area contributed by atoms with E-state index in [1.54, 1.807) is 18.7 Å². The fourth-order valence-corrected chi connectivity index (χ4v) is 3.06. The first-order valence-corrected chi connectivity index (χ1v) is 13.9. The van der Waals surface area contributed by atoms with Crippen LogP contribution in [-0.2, 0) is 38.1 Å². The molecular formula is C24H46N2O8S. The average Bonchev–Trinajstić information content (AvgIpc) is 2.83. The Morgan fingerprint density at radius 2 is 1.09 bits per heavy atom. The van der Waals surface area contributed by atoms with E-state index in [0.717, 1.165) is 31.4 Å². The second-order valence-corrected chi connectivity index (χ2v) is 8.80. The maximum Gasteiger partial charge on any atom is 0.246 e. The Kier molecular flexibility index (Phi) is 26.4. The van der Waals surface area contributed by atoms with Gasteiger partial charge in [-0.05, 0) is 26.0 Å². The van der Waals surface area contributed by atoms with Crippen molar-refractivity contribution < 1.29 is 38.1 Å². The van der Waals surface area contributed by atoms with Crippen LogP contribution in [-0.4, -0.2) is 109 Å². The van der Waals surface area contributed by atoms with Gasteiger partial charge in [0.2, 0.25) is 11.8 Å². The second kappa shape index (κ2) is 27.3. The minimum Gasteiger partial charge on any atom is -0.377 e. The number of hydrogen-bond acceptors (Lipinski definition) is 9. The molecule has 0 bridgehead atoms. The molecule has 0 heterocycles. The van der Waals surface area contributed by atoms with Crippen LogP contribution >= 0.6 is 11.8 Å². The third kappa shape index (κ3) is 28.9. The molecule has 0 aliphatic carbocycles. The lowest BCUT2D eigenvalue weighted by Crippen LogP contribution is -2.30. The minimum atomic E-state index is -0.111. The van der Waals surface area contributed by atoms with E-state index >= 15 is 0 Å². The normalized spacial score (nSPS) is 10.9. The van der Waals surface area contributed by atoms with Crippen molar-refractivity contribution in [3.05, 3.63) is 0 Å². The van der Waals surface area contributed by atoms with E-state index in [2.05, 4.69) is 10.6 Å². The number of Topliss-reactive ketones (excluding diaryl/α,β-unsaturated/α-hetero) is 1. The molecule has 10 nitrogen and oxygen atoms in total. The van der Waals surface area contributed by atoms with Crippen molar-refractivity contribution in [2.45, 2.75) is 45.4 Å². The third-order valence-corrected chi connectivity index (χ3v) is 5.21. The van der Waals surface area contributed by atoms with Crippen LogP contribution in [0.1, 0.15) is 45.4 Å². The van der Waals surface area contributed by atoms with Crippen LogP contribution in [0, 0.1) is 0 Å². The molecule has 0 saturated heterocycles. The van der Waals surface area contributed by atoms with E-state index in [1.807, 2.05) is 6.26 Å². The van der Waals surface area contributed by atoms with Gasteiger partial charge in [-0.15, -0.1) is 0 Å². The van der Waals surface area contributed by atoms with Crippen LogP contribution in [0.3, 0.4) is 0 Å². The fourth-order valence-electron chi connectivity index (χ4n) is 2.75. The number of thioether (sulfide) groups is 1. The predicted molar refractivity (Wildman–Crippen MR) is 137 cm³/mol. The molecule has 0 aliphatic heterocycles. The molecule has 0 saturated carbocycles. The molecular weight excluding hydrogens is 476 g/mol. The first kappa shape index (κ1) is 33.8. The summed E-state index contributed by atoms with van der Waals surface area (Å²) in [7, 11) is 0. The van der Waals surface area contributed by atoms with Gasteiger partial charge in [0.1, 0.15) is 12.4 Å². The highest BCUT2D eigenvalue weighted by Gasteiger charge is 2.02. The molecule has 0 aromatic carbocycles. The number of carbonyl (C=O) groups excluding carboxylic acids is 3. The largest absolute Gasteiger partial charge is 0.377 e. The number of hydrogen-bond donors (Lipinski definition) is 2. The van der Waals surface area contributed by atoms with E-state index in [0.29, 0.717) is 85.4 Å². The summed E-state index contributed by atoms with van der Waals surface area (Å²) in [5.41, 5.74) is 0. The van der Waals surface area contributed by atoms with Crippen molar-refractivity contribution in [3.8, 4) is 0 Å². The molecule has 35 heavy (non-hydrogen) atoms. The standard InChI is InChI=1S/C24H46N2O8S/c1-22(27)7-5-3-4-6-8-23(28)25-9-11-30-12-13-31-14-15-32-16-17-33-18-19-34-21-24(29)26-10-20-35-2/h3-21H2,1-2H3,(H,25,28)(H,26,29). The maximum atomic E-state index is 11.7. The van der Waals surface area contributed by atoms with Crippen LogP contribution in [0.5, 0.6) is 0 Å². The Hall–Kier alpha value is -1.24. The van der Waals surface area contributed by atoms with Gasteiger partial charge in [-0.1, -0.05) is 12.8 Å². The summed E-state index contributed by atoms with van der Waals surface area (Å²) in [6.07, 6.45) is 6.86. The highest BCUT2D eigenvalue weighted by Crippen LogP contribution is 2.05. The second-order valence-electron chi connectivity index (χ2n) is 7.81. The number of ketones is 1. The van der Waals surface area contributed by atoms with Crippen LogP contribution in [0.4, 0.5) is 0 Å². The molecule has 0 aliphatic rings. The lowest BCUT2D eigenvalue weighted by molar-refractivity contribution is -0.126. The summed E-state index contributed by atoms with van der Waals surface area (Å²) in [5, 5.41) is 5.60. The van der Waals surface area contributed by atoms with Crippen molar-refractivity contribution in [3.63, 3.8) is 0 Å². The molecule has 0 fully saturated rings. The van der Waals surface area contributed by atoms with Gasteiger partial charge in [0.25, 0.3) is 0 Å². The van der Waals surface area contributed by atoms with Crippen LogP contribution in [0.25, 0.3) is 0 Å². The van der Waals surface area contributed by atoms with Gasteiger partial charge < -0.3 is 39.1 Å². The fraction of sp³-hybridized carbons (Fsp3) is 0.875. The van der Waals surface area contributed by atoms with Gasteiger partial charge in [-0.3, -0.25) is 9.59 Å². The Labute approximate surface area is 214 Å². The number of carbonyl (C=O) groups is 3. The molecule has 0 spiro atoms. The quantitative estimate of drug-likeness (QED) is 0.155. The Bertz CT molecular complexity index is 526. The van der Waals surface area contributed by atoms with Gasteiger partial charge >= 0.3 is 0 Å². The SMILES string of the molecule is CSCCNC(=O)COCCOCCOCCOCCOCCNC(=O)CCCCCCC(C)=O. The van der Waals surface area contributed by atoms with E-state index < -0.39 is 0 Å². The topological polar surface area (TPSA) is 121 Å². The Morgan fingerprint density at radius 3 is 1.63 bits per heavy atom. The monoisotopic (exact) mass is 522 g/mol. The van der Waals surface area contributed by atoms with Gasteiger partial charge in [-0.25, -0.2) is 0 Å². The molecule has 0 aromatic rings. The van der Waals surface area contributed by atoms with E-state index in [9.17, 15) is 14.4 Å².